The summed E-state index contributed by atoms with van der Waals surface area (Å²) in [5.74, 6) is 0.686. The van der Waals surface area contributed by atoms with E-state index < -0.39 is 11.6 Å². The van der Waals surface area contributed by atoms with E-state index >= 15 is 0 Å². The first kappa shape index (κ1) is 17.8. The topological polar surface area (TPSA) is 51.8 Å². The average molecular weight is 372 g/mol. The van der Waals surface area contributed by atoms with Crippen LogP contribution >= 0.6 is 0 Å². The van der Waals surface area contributed by atoms with Crippen molar-refractivity contribution in [3.63, 3.8) is 0 Å². The van der Waals surface area contributed by atoms with Crippen molar-refractivity contribution < 1.29 is 8.78 Å². The number of aromatic nitrogens is 5. The fraction of sp³-hybridized carbons (Fsp3) is 0.421. The lowest BCUT2D eigenvalue weighted by Gasteiger charge is -2.31. The SMILES string of the molecule is Cn1c(Cn2ccnc2)nnc1C1CCN(Cc2cccc(F)c2F)CC1. The maximum absolute atomic E-state index is 13.9. The Morgan fingerprint density at radius 3 is 2.67 bits per heavy atom. The second-order valence-electron chi connectivity index (χ2n) is 7.03. The van der Waals surface area contributed by atoms with Crippen molar-refractivity contribution in [2.45, 2.75) is 31.8 Å². The van der Waals surface area contributed by atoms with Crippen molar-refractivity contribution in [2.24, 2.45) is 7.05 Å². The van der Waals surface area contributed by atoms with Crippen molar-refractivity contribution >= 4 is 0 Å². The fourth-order valence-corrected chi connectivity index (χ4v) is 3.67. The molecule has 3 heterocycles. The molecule has 1 aromatic carbocycles. The highest BCUT2D eigenvalue weighted by Gasteiger charge is 2.25. The van der Waals surface area contributed by atoms with Crippen LogP contribution in [0.1, 0.15) is 36.0 Å². The Balaban J connectivity index is 1.38. The van der Waals surface area contributed by atoms with Crippen LogP contribution in [0.15, 0.2) is 36.9 Å². The van der Waals surface area contributed by atoms with E-state index in [0.29, 0.717) is 24.6 Å². The number of hydrogen-bond acceptors (Lipinski definition) is 4. The largest absolute Gasteiger partial charge is 0.330 e. The van der Waals surface area contributed by atoms with E-state index in [2.05, 4.69) is 24.6 Å². The van der Waals surface area contributed by atoms with Gasteiger partial charge in [-0.3, -0.25) is 4.90 Å². The molecule has 0 amide bonds. The van der Waals surface area contributed by atoms with E-state index in [4.69, 9.17) is 0 Å². The van der Waals surface area contributed by atoms with Gasteiger partial charge in [0, 0.05) is 37.5 Å². The van der Waals surface area contributed by atoms with Crippen molar-refractivity contribution in [1.82, 2.24) is 29.2 Å². The summed E-state index contributed by atoms with van der Waals surface area (Å²) >= 11 is 0. The summed E-state index contributed by atoms with van der Waals surface area (Å²) in [6.07, 6.45) is 7.26. The molecule has 142 valence electrons. The third-order valence-corrected chi connectivity index (χ3v) is 5.26. The molecule has 27 heavy (non-hydrogen) atoms. The summed E-state index contributed by atoms with van der Waals surface area (Å²) in [7, 11) is 2.00. The summed E-state index contributed by atoms with van der Waals surface area (Å²) in [4.78, 5) is 6.21. The fourth-order valence-electron chi connectivity index (χ4n) is 3.67. The second kappa shape index (κ2) is 7.56. The first-order valence-electron chi connectivity index (χ1n) is 9.11. The van der Waals surface area contributed by atoms with Gasteiger partial charge in [-0.25, -0.2) is 13.8 Å². The molecule has 0 spiro atoms. The molecule has 0 N–H and O–H groups in total. The Bertz CT molecular complexity index is 897. The highest BCUT2D eigenvalue weighted by molar-refractivity contribution is 5.19. The molecular formula is C19H22F2N6. The normalized spacial score (nSPS) is 16.1. The van der Waals surface area contributed by atoms with Crippen LogP contribution in [-0.4, -0.2) is 42.3 Å². The Labute approximate surface area is 156 Å². The van der Waals surface area contributed by atoms with E-state index in [9.17, 15) is 8.78 Å². The second-order valence-corrected chi connectivity index (χ2v) is 7.03. The molecule has 1 saturated heterocycles. The number of hydrogen-bond donors (Lipinski definition) is 0. The first-order chi connectivity index (χ1) is 13.1. The summed E-state index contributed by atoms with van der Waals surface area (Å²) in [6.45, 7) is 2.72. The van der Waals surface area contributed by atoms with Crippen LogP contribution in [0.4, 0.5) is 8.78 Å². The molecule has 8 heteroatoms. The Morgan fingerprint density at radius 1 is 1.11 bits per heavy atom. The zero-order chi connectivity index (χ0) is 18.8. The minimum atomic E-state index is -0.785. The number of likely N-dealkylation sites (tertiary alicyclic amines) is 1. The Hall–Kier alpha value is -2.61. The van der Waals surface area contributed by atoms with Gasteiger partial charge in [0.25, 0.3) is 0 Å². The molecule has 6 nitrogen and oxygen atoms in total. The van der Waals surface area contributed by atoms with Gasteiger partial charge in [0.1, 0.15) is 5.82 Å². The van der Waals surface area contributed by atoms with Crippen molar-refractivity contribution in [3.05, 3.63) is 65.8 Å². The third-order valence-electron chi connectivity index (χ3n) is 5.26. The molecule has 0 bridgehead atoms. The standard InChI is InChI=1S/C19H22F2N6/c1-25-17(12-27-10-7-22-13-27)23-24-19(25)14-5-8-26(9-6-14)11-15-3-2-4-16(20)18(15)21/h2-4,7,10,13-14H,5-6,8-9,11-12H2,1H3. The molecule has 0 unspecified atom stereocenters. The Kier molecular flexibility index (Phi) is 4.98. The molecule has 0 radical (unpaired) electrons. The minimum Gasteiger partial charge on any atom is -0.330 e. The molecule has 1 aliphatic rings. The van der Waals surface area contributed by atoms with Crippen LogP contribution in [0.5, 0.6) is 0 Å². The number of benzene rings is 1. The van der Waals surface area contributed by atoms with Crippen molar-refractivity contribution in [2.75, 3.05) is 13.1 Å². The maximum atomic E-state index is 13.9. The molecular weight excluding hydrogens is 350 g/mol. The minimum absolute atomic E-state index is 0.327. The van der Waals surface area contributed by atoms with Gasteiger partial charge >= 0.3 is 0 Å². The molecule has 0 atom stereocenters. The highest BCUT2D eigenvalue weighted by atomic mass is 19.2. The molecule has 3 aromatic rings. The van der Waals surface area contributed by atoms with E-state index in [1.54, 1.807) is 24.7 Å². The van der Waals surface area contributed by atoms with Crippen LogP contribution in [0.3, 0.4) is 0 Å². The van der Waals surface area contributed by atoms with Gasteiger partial charge in [0.05, 0.1) is 12.9 Å². The summed E-state index contributed by atoms with van der Waals surface area (Å²) in [5, 5.41) is 8.74. The number of halogens is 2. The van der Waals surface area contributed by atoms with Crippen molar-refractivity contribution in [3.8, 4) is 0 Å². The zero-order valence-corrected chi connectivity index (χ0v) is 15.2. The molecule has 1 fully saturated rings. The molecule has 4 rings (SSSR count). The van der Waals surface area contributed by atoms with Gasteiger partial charge in [0.2, 0.25) is 0 Å². The van der Waals surface area contributed by atoms with Crippen LogP contribution in [0.25, 0.3) is 0 Å². The zero-order valence-electron chi connectivity index (χ0n) is 15.2. The smallest absolute Gasteiger partial charge is 0.163 e. The van der Waals surface area contributed by atoms with Gasteiger partial charge in [-0.2, -0.15) is 0 Å². The number of rotatable bonds is 5. The lowest BCUT2D eigenvalue weighted by Crippen LogP contribution is -2.33. The van der Waals surface area contributed by atoms with E-state index in [-0.39, 0.29) is 0 Å². The quantitative estimate of drug-likeness (QED) is 0.691. The van der Waals surface area contributed by atoms with E-state index in [1.165, 1.54) is 0 Å². The van der Waals surface area contributed by atoms with E-state index in [0.717, 1.165) is 43.6 Å². The lowest BCUT2D eigenvalue weighted by molar-refractivity contribution is 0.197. The van der Waals surface area contributed by atoms with Gasteiger partial charge in [-0.15, -0.1) is 10.2 Å². The number of nitrogens with zero attached hydrogens (tertiary/aromatic N) is 6. The van der Waals surface area contributed by atoms with E-state index in [1.807, 2.05) is 17.8 Å². The predicted octanol–water partition coefficient (Wildman–Crippen LogP) is 2.72. The first-order valence-corrected chi connectivity index (χ1v) is 9.11. The summed E-state index contributed by atoms with van der Waals surface area (Å²) in [5.41, 5.74) is 0.412. The highest BCUT2D eigenvalue weighted by Crippen LogP contribution is 2.28. The van der Waals surface area contributed by atoms with Gasteiger partial charge in [-0.05, 0) is 32.0 Å². The molecule has 0 aliphatic carbocycles. The van der Waals surface area contributed by atoms with Crippen LogP contribution in [0, 0.1) is 11.6 Å². The number of piperidine rings is 1. The van der Waals surface area contributed by atoms with Crippen LogP contribution in [0.2, 0.25) is 0 Å². The van der Waals surface area contributed by atoms with Gasteiger partial charge in [0.15, 0.2) is 17.5 Å². The number of imidazole rings is 1. The van der Waals surface area contributed by atoms with Crippen LogP contribution < -0.4 is 0 Å². The lowest BCUT2D eigenvalue weighted by atomic mass is 9.95. The van der Waals surface area contributed by atoms with Crippen molar-refractivity contribution in [1.29, 1.82) is 0 Å². The molecule has 1 aliphatic heterocycles. The van der Waals surface area contributed by atoms with Crippen LogP contribution in [-0.2, 0) is 20.1 Å². The summed E-state index contributed by atoms with van der Waals surface area (Å²) in [6, 6.07) is 4.36. The third kappa shape index (κ3) is 3.75. The molecule has 0 saturated carbocycles. The summed E-state index contributed by atoms with van der Waals surface area (Å²) < 4.78 is 31.3. The van der Waals surface area contributed by atoms with Gasteiger partial charge < -0.3 is 9.13 Å². The predicted molar refractivity (Wildman–Crippen MR) is 95.9 cm³/mol. The van der Waals surface area contributed by atoms with Gasteiger partial charge in [-0.1, -0.05) is 12.1 Å². The maximum Gasteiger partial charge on any atom is 0.163 e. The molecule has 2 aromatic heterocycles. The Morgan fingerprint density at radius 2 is 1.93 bits per heavy atom. The average Bonchev–Trinajstić information content (AvgIpc) is 3.31. The monoisotopic (exact) mass is 372 g/mol.